The second kappa shape index (κ2) is 7.20. The van der Waals surface area contributed by atoms with Crippen LogP contribution in [-0.4, -0.2) is 23.7 Å². The van der Waals surface area contributed by atoms with Crippen LogP contribution in [-0.2, 0) is 4.79 Å². The van der Waals surface area contributed by atoms with Crippen LogP contribution < -0.4 is 5.32 Å². The Kier molecular flexibility index (Phi) is 5.30. The fourth-order valence-corrected chi connectivity index (χ4v) is 2.43. The molecule has 20 heavy (non-hydrogen) atoms. The van der Waals surface area contributed by atoms with Gasteiger partial charge in [0.1, 0.15) is 5.82 Å². The molecule has 1 saturated carbocycles. The predicted octanol–water partition coefficient (Wildman–Crippen LogP) is 2.51. The molecule has 0 heterocycles. The van der Waals surface area contributed by atoms with Gasteiger partial charge in [0, 0.05) is 18.2 Å². The third-order valence-electron chi connectivity index (χ3n) is 3.70. The minimum Gasteiger partial charge on any atom is -0.393 e. The van der Waals surface area contributed by atoms with E-state index in [1.807, 2.05) is 0 Å². The molecule has 0 aliphatic heterocycles. The molecule has 2 rings (SSSR count). The van der Waals surface area contributed by atoms with Crippen LogP contribution in [0.4, 0.5) is 4.39 Å². The second-order valence-electron chi connectivity index (χ2n) is 5.27. The van der Waals surface area contributed by atoms with E-state index in [9.17, 15) is 14.3 Å². The summed E-state index contributed by atoms with van der Waals surface area (Å²) in [4.78, 5) is 11.7. The Hall–Kier alpha value is -1.68. The van der Waals surface area contributed by atoms with Gasteiger partial charge in [0.15, 0.2) is 0 Å². The number of carbonyl (C=O) groups excluding carboxylic acids is 1. The average Bonchev–Trinajstić information content (AvgIpc) is 2.46. The number of hydrogen-bond donors (Lipinski definition) is 2. The Balaban J connectivity index is 1.77. The molecule has 0 radical (unpaired) electrons. The summed E-state index contributed by atoms with van der Waals surface area (Å²) < 4.78 is 13.3. The van der Waals surface area contributed by atoms with Crippen molar-refractivity contribution < 1.29 is 14.3 Å². The van der Waals surface area contributed by atoms with Gasteiger partial charge in [-0.1, -0.05) is 18.2 Å². The summed E-state index contributed by atoms with van der Waals surface area (Å²) in [5.74, 6) is -0.110. The zero-order chi connectivity index (χ0) is 14.4. The number of benzene rings is 1. The number of rotatable bonds is 4. The maximum Gasteiger partial charge on any atom is 0.244 e. The smallest absolute Gasteiger partial charge is 0.244 e. The van der Waals surface area contributed by atoms with Crippen molar-refractivity contribution in [3.8, 4) is 0 Å². The molecule has 1 aliphatic carbocycles. The molecular weight excluding hydrogens is 257 g/mol. The standard InChI is InChI=1S/C16H20FNO2/c17-15-4-2-1-3-13(15)7-10-16(20)18-11-12-5-8-14(19)9-6-12/h1-4,7,10,12,14,19H,5-6,8-9,11H2,(H,18,20)/b10-7+. The molecule has 0 bridgehead atoms. The molecule has 0 saturated heterocycles. The molecule has 1 fully saturated rings. The summed E-state index contributed by atoms with van der Waals surface area (Å²) in [7, 11) is 0. The lowest BCUT2D eigenvalue weighted by Crippen LogP contribution is -2.31. The summed E-state index contributed by atoms with van der Waals surface area (Å²) in [6.07, 6.45) is 6.17. The van der Waals surface area contributed by atoms with E-state index in [1.165, 1.54) is 18.2 Å². The van der Waals surface area contributed by atoms with Crippen molar-refractivity contribution in [1.82, 2.24) is 5.32 Å². The van der Waals surface area contributed by atoms with E-state index in [0.717, 1.165) is 25.7 Å². The van der Waals surface area contributed by atoms with Gasteiger partial charge < -0.3 is 10.4 Å². The lowest BCUT2D eigenvalue weighted by Gasteiger charge is -2.25. The SMILES string of the molecule is O=C(/C=C/c1ccccc1F)NCC1CCC(O)CC1. The molecule has 3 nitrogen and oxygen atoms in total. The van der Waals surface area contributed by atoms with E-state index >= 15 is 0 Å². The van der Waals surface area contributed by atoms with Gasteiger partial charge in [-0.15, -0.1) is 0 Å². The number of nitrogens with one attached hydrogen (secondary N) is 1. The lowest BCUT2D eigenvalue weighted by atomic mass is 9.87. The maximum absolute atomic E-state index is 13.3. The quantitative estimate of drug-likeness (QED) is 0.831. The molecule has 0 unspecified atom stereocenters. The number of carbonyl (C=O) groups is 1. The molecule has 1 aromatic carbocycles. The first-order valence-corrected chi connectivity index (χ1v) is 7.03. The van der Waals surface area contributed by atoms with Crippen molar-refractivity contribution in [1.29, 1.82) is 0 Å². The number of aliphatic hydroxyl groups excluding tert-OH is 1. The van der Waals surface area contributed by atoms with Gasteiger partial charge >= 0.3 is 0 Å². The number of aliphatic hydroxyl groups is 1. The number of amides is 1. The monoisotopic (exact) mass is 277 g/mol. The normalized spacial score (nSPS) is 22.9. The molecular formula is C16H20FNO2. The molecule has 0 aromatic heterocycles. The summed E-state index contributed by atoms with van der Waals surface area (Å²) in [5, 5.41) is 12.2. The van der Waals surface area contributed by atoms with Crippen molar-refractivity contribution in [2.45, 2.75) is 31.8 Å². The molecule has 4 heteroatoms. The van der Waals surface area contributed by atoms with Crippen molar-refractivity contribution in [3.63, 3.8) is 0 Å². The molecule has 1 amide bonds. The highest BCUT2D eigenvalue weighted by Crippen LogP contribution is 2.23. The van der Waals surface area contributed by atoms with E-state index in [4.69, 9.17) is 0 Å². The molecule has 2 N–H and O–H groups in total. The van der Waals surface area contributed by atoms with Gasteiger partial charge in [-0.2, -0.15) is 0 Å². The topological polar surface area (TPSA) is 49.3 Å². The third kappa shape index (κ3) is 4.46. The second-order valence-corrected chi connectivity index (χ2v) is 5.27. The fraction of sp³-hybridized carbons (Fsp3) is 0.438. The number of halogens is 1. The van der Waals surface area contributed by atoms with E-state index in [2.05, 4.69) is 5.32 Å². The zero-order valence-electron chi connectivity index (χ0n) is 11.4. The van der Waals surface area contributed by atoms with Crippen LogP contribution in [0.1, 0.15) is 31.2 Å². The molecule has 0 atom stereocenters. The van der Waals surface area contributed by atoms with Gasteiger partial charge in [0.05, 0.1) is 6.10 Å². The van der Waals surface area contributed by atoms with Gasteiger partial charge in [0.2, 0.25) is 5.91 Å². The van der Waals surface area contributed by atoms with E-state index in [0.29, 0.717) is 18.0 Å². The highest BCUT2D eigenvalue weighted by Gasteiger charge is 2.19. The lowest BCUT2D eigenvalue weighted by molar-refractivity contribution is -0.116. The first-order chi connectivity index (χ1) is 9.65. The van der Waals surface area contributed by atoms with E-state index < -0.39 is 0 Å². The van der Waals surface area contributed by atoms with Crippen LogP contribution in [0.5, 0.6) is 0 Å². The highest BCUT2D eigenvalue weighted by atomic mass is 19.1. The van der Waals surface area contributed by atoms with Crippen molar-refractivity contribution in [3.05, 3.63) is 41.7 Å². The van der Waals surface area contributed by atoms with Crippen molar-refractivity contribution in [2.24, 2.45) is 5.92 Å². The summed E-state index contributed by atoms with van der Waals surface area (Å²) in [6, 6.07) is 6.34. The Morgan fingerprint density at radius 2 is 2.00 bits per heavy atom. The Morgan fingerprint density at radius 3 is 2.70 bits per heavy atom. The zero-order valence-corrected chi connectivity index (χ0v) is 11.4. The molecule has 108 valence electrons. The summed E-state index contributed by atoms with van der Waals surface area (Å²) in [5.41, 5.74) is 0.406. The molecule has 0 spiro atoms. The van der Waals surface area contributed by atoms with Crippen LogP contribution >= 0.6 is 0 Å². The van der Waals surface area contributed by atoms with Crippen molar-refractivity contribution in [2.75, 3.05) is 6.54 Å². The van der Waals surface area contributed by atoms with Crippen LogP contribution in [0.25, 0.3) is 6.08 Å². The number of hydrogen-bond acceptors (Lipinski definition) is 2. The minimum absolute atomic E-state index is 0.178. The Bertz CT molecular complexity index is 479. The molecule has 1 aliphatic rings. The predicted molar refractivity (Wildman–Crippen MR) is 76.4 cm³/mol. The van der Waals surface area contributed by atoms with Gasteiger partial charge in [-0.25, -0.2) is 4.39 Å². The van der Waals surface area contributed by atoms with Crippen LogP contribution in [0.2, 0.25) is 0 Å². The highest BCUT2D eigenvalue weighted by molar-refractivity contribution is 5.91. The maximum atomic E-state index is 13.3. The van der Waals surface area contributed by atoms with E-state index in [1.54, 1.807) is 18.2 Å². The van der Waals surface area contributed by atoms with Crippen LogP contribution in [0.15, 0.2) is 30.3 Å². The first-order valence-electron chi connectivity index (χ1n) is 7.03. The largest absolute Gasteiger partial charge is 0.393 e. The fourth-order valence-electron chi connectivity index (χ4n) is 2.43. The van der Waals surface area contributed by atoms with Crippen LogP contribution in [0.3, 0.4) is 0 Å². The first kappa shape index (κ1) is 14.7. The van der Waals surface area contributed by atoms with Gasteiger partial charge in [-0.05, 0) is 43.7 Å². The summed E-state index contributed by atoms with van der Waals surface area (Å²) in [6.45, 7) is 0.618. The Labute approximate surface area is 118 Å². The van der Waals surface area contributed by atoms with E-state index in [-0.39, 0.29) is 17.8 Å². The van der Waals surface area contributed by atoms with Crippen molar-refractivity contribution >= 4 is 12.0 Å². The Morgan fingerprint density at radius 1 is 1.30 bits per heavy atom. The molecule has 1 aromatic rings. The van der Waals surface area contributed by atoms with Crippen LogP contribution in [0, 0.1) is 11.7 Å². The minimum atomic E-state index is -0.335. The third-order valence-corrected chi connectivity index (χ3v) is 3.70. The average molecular weight is 277 g/mol. The van der Waals surface area contributed by atoms with Gasteiger partial charge in [0.25, 0.3) is 0 Å². The summed E-state index contributed by atoms with van der Waals surface area (Å²) >= 11 is 0. The van der Waals surface area contributed by atoms with Gasteiger partial charge in [-0.3, -0.25) is 4.79 Å².